The quantitative estimate of drug-likeness (QED) is 0.862. The summed E-state index contributed by atoms with van der Waals surface area (Å²) in [5.41, 5.74) is 0.186. The highest BCUT2D eigenvalue weighted by molar-refractivity contribution is 5.80. The van der Waals surface area contributed by atoms with E-state index in [1.807, 2.05) is 30.3 Å². The smallest absolute Gasteiger partial charge is 0.408 e. The first-order valence-corrected chi connectivity index (χ1v) is 8.19. The number of nitrogens with one attached hydrogen (secondary N) is 1. The second-order valence-corrected chi connectivity index (χ2v) is 6.45. The van der Waals surface area contributed by atoms with Crippen molar-refractivity contribution in [2.24, 2.45) is 0 Å². The van der Waals surface area contributed by atoms with Crippen LogP contribution in [0.2, 0.25) is 0 Å². The molecule has 1 atom stereocenters. The largest absolute Gasteiger partial charge is 0.480 e. The standard InChI is InChI=1S/C14H19NO4.C4H8O2/c1-14(2,3)19-13(18)15-11(12(16)17)9-10-7-5-4-6-8-10;1-2-6-4-3-5-1/h4-8,11H,9H2,1-3H3,(H,15,18)(H,16,17);1-4H2/t11-;/m0./s1. The number of carboxylic acids is 1. The van der Waals surface area contributed by atoms with Gasteiger partial charge in [-0.2, -0.15) is 0 Å². The number of ether oxygens (including phenoxy) is 3. The number of carbonyl (C=O) groups is 2. The molecule has 1 aliphatic rings. The Morgan fingerprint density at radius 2 is 1.64 bits per heavy atom. The minimum absolute atomic E-state index is 0.218. The second kappa shape index (κ2) is 10.7. The minimum atomic E-state index is -1.09. The maximum atomic E-state index is 11.6. The van der Waals surface area contributed by atoms with Crippen LogP contribution in [0.15, 0.2) is 30.3 Å². The number of carbonyl (C=O) groups excluding carboxylic acids is 1. The molecule has 140 valence electrons. The van der Waals surface area contributed by atoms with Crippen LogP contribution in [0.4, 0.5) is 4.79 Å². The number of benzene rings is 1. The minimum Gasteiger partial charge on any atom is -0.480 e. The molecule has 7 nitrogen and oxygen atoms in total. The molecule has 1 aromatic rings. The highest BCUT2D eigenvalue weighted by Gasteiger charge is 2.24. The summed E-state index contributed by atoms with van der Waals surface area (Å²) in [5, 5.41) is 11.5. The van der Waals surface area contributed by atoms with Gasteiger partial charge in [0.15, 0.2) is 0 Å². The van der Waals surface area contributed by atoms with Crippen molar-refractivity contribution in [2.75, 3.05) is 26.4 Å². The Morgan fingerprint density at radius 3 is 2.04 bits per heavy atom. The fourth-order valence-corrected chi connectivity index (χ4v) is 1.94. The van der Waals surface area contributed by atoms with Crippen LogP contribution in [0, 0.1) is 0 Å². The number of rotatable bonds is 4. The van der Waals surface area contributed by atoms with Gasteiger partial charge in [0.2, 0.25) is 0 Å². The van der Waals surface area contributed by atoms with Crippen molar-refractivity contribution in [2.45, 2.75) is 38.8 Å². The van der Waals surface area contributed by atoms with Crippen LogP contribution in [0.5, 0.6) is 0 Å². The third-order valence-corrected chi connectivity index (χ3v) is 3.02. The molecule has 0 spiro atoms. The first kappa shape index (κ1) is 20.9. The molecule has 0 saturated carbocycles. The van der Waals surface area contributed by atoms with Gasteiger partial charge in [0.25, 0.3) is 0 Å². The monoisotopic (exact) mass is 353 g/mol. The maximum Gasteiger partial charge on any atom is 0.408 e. The zero-order valence-corrected chi connectivity index (χ0v) is 15.0. The summed E-state index contributed by atoms with van der Waals surface area (Å²) in [6, 6.07) is 8.11. The van der Waals surface area contributed by atoms with Crippen LogP contribution in [0.25, 0.3) is 0 Å². The lowest BCUT2D eigenvalue weighted by atomic mass is 10.1. The van der Waals surface area contributed by atoms with Gasteiger partial charge in [0, 0.05) is 6.42 Å². The van der Waals surface area contributed by atoms with Crippen molar-refractivity contribution in [3.8, 4) is 0 Å². The first-order chi connectivity index (χ1) is 11.8. The van der Waals surface area contributed by atoms with Crippen molar-refractivity contribution in [1.82, 2.24) is 5.32 Å². The van der Waals surface area contributed by atoms with Gasteiger partial charge in [0.05, 0.1) is 26.4 Å². The highest BCUT2D eigenvalue weighted by Crippen LogP contribution is 2.08. The summed E-state index contributed by atoms with van der Waals surface area (Å²) in [4.78, 5) is 22.7. The molecule has 2 rings (SSSR count). The zero-order chi connectivity index (χ0) is 18.7. The third kappa shape index (κ3) is 10.4. The molecule has 0 radical (unpaired) electrons. The fourth-order valence-electron chi connectivity index (χ4n) is 1.94. The Balaban J connectivity index is 0.000000435. The van der Waals surface area contributed by atoms with Crippen LogP contribution in [-0.2, 0) is 25.4 Å². The van der Waals surface area contributed by atoms with Gasteiger partial charge in [0.1, 0.15) is 11.6 Å². The van der Waals surface area contributed by atoms with Crippen molar-refractivity contribution >= 4 is 12.1 Å². The lowest BCUT2D eigenvalue weighted by Gasteiger charge is -2.22. The van der Waals surface area contributed by atoms with E-state index in [-0.39, 0.29) is 6.42 Å². The zero-order valence-electron chi connectivity index (χ0n) is 15.0. The van der Waals surface area contributed by atoms with Gasteiger partial charge in [-0.25, -0.2) is 9.59 Å². The van der Waals surface area contributed by atoms with E-state index in [4.69, 9.17) is 19.3 Å². The molecular formula is C18H27NO6. The van der Waals surface area contributed by atoms with E-state index in [0.717, 1.165) is 32.0 Å². The summed E-state index contributed by atoms with van der Waals surface area (Å²) in [5.74, 6) is -1.09. The molecule has 1 heterocycles. The van der Waals surface area contributed by atoms with E-state index in [9.17, 15) is 9.59 Å². The van der Waals surface area contributed by atoms with Gasteiger partial charge in [-0.05, 0) is 26.3 Å². The molecule has 2 N–H and O–H groups in total. The Hall–Kier alpha value is -2.12. The number of amides is 1. The van der Waals surface area contributed by atoms with Crippen LogP contribution in [0.3, 0.4) is 0 Å². The van der Waals surface area contributed by atoms with Crippen LogP contribution < -0.4 is 5.32 Å². The summed E-state index contributed by atoms with van der Waals surface area (Å²) >= 11 is 0. The molecule has 7 heteroatoms. The Labute approximate surface area is 148 Å². The predicted octanol–water partition coefficient (Wildman–Crippen LogP) is 2.24. The number of hydrogen-bond donors (Lipinski definition) is 2. The second-order valence-electron chi connectivity index (χ2n) is 6.45. The van der Waals surface area contributed by atoms with Gasteiger partial charge in [-0.15, -0.1) is 0 Å². The SMILES string of the molecule is C1COCCO1.CC(C)(C)OC(=O)N[C@@H](Cc1ccccc1)C(=O)O. The van der Waals surface area contributed by atoms with Crippen LogP contribution in [-0.4, -0.2) is 55.2 Å². The van der Waals surface area contributed by atoms with Gasteiger partial charge >= 0.3 is 12.1 Å². The average molecular weight is 353 g/mol. The lowest BCUT2D eigenvalue weighted by Crippen LogP contribution is -2.44. The molecule has 0 aromatic heterocycles. The van der Waals surface area contributed by atoms with Crippen LogP contribution in [0.1, 0.15) is 26.3 Å². The summed E-state index contributed by atoms with van der Waals surface area (Å²) < 4.78 is 14.9. The average Bonchev–Trinajstić information content (AvgIpc) is 2.55. The lowest BCUT2D eigenvalue weighted by molar-refractivity contribution is -0.139. The van der Waals surface area contributed by atoms with Crippen LogP contribution >= 0.6 is 0 Å². The molecule has 0 bridgehead atoms. The molecule has 25 heavy (non-hydrogen) atoms. The predicted molar refractivity (Wildman–Crippen MR) is 92.6 cm³/mol. The molecule has 0 aliphatic carbocycles. The summed E-state index contributed by atoms with van der Waals surface area (Å²) in [6.45, 7) is 8.28. The Bertz CT molecular complexity index is 511. The molecule has 1 saturated heterocycles. The number of carboxylic acid groups (broad SMARTS) is 1. The third-order valence-electron chi connectivity index (χ3n) is 3.02. The first-order valence-electron chi connectivity index (χ1n) is 8.19. The van der Waals surface area contributed by atoms with E-state index in [2.05, 4.69) is 5.32 Å². The Kier molecular flexibility index (Phi) is 8.94. The molecule has 1 fully saturated rings. The van der Waals surface area contributed by atoms with Gasteiger partial charge in [-0.3, -0.25) is 0 Å². The van der Waals surface area contributed by atoms with E-state index in [1.54, 1.807) is 20.8 Å². The maximum absolute atomic E-state index is 11.6. The molecule has 0 unspecified atom stereocenters. The normalized spacial score (nSPS) is 15.3. The van der Waals surface area contributed by atoms with E-state index < -0.39 is 23.7 Å². The van der Waals surface area contributed by atoms with Gasteiger partial charge < -0.3 is 24.6 Å². The van der Waals surface area contributed by atoms with Crippen molar-refractivity contribution in [1.29, 1.82) is 0 Å². The topological polar surface area (TPSA) is 94.1 Å². The van der Waals surface area contributed by atoms with E-state index in [1.165, 1.54) is 0 Å². The van der Waals surface area contributed by atoms with Crippen molar-refractivity contribution in [3.63, 3.8) is 0 Å². The van der Waals surface area contributed by atoms with E-state index in [0.29, 0.717) is 0 Å². The van der Waals surface area contributed by atoms with E-state index >= 15 is 0 Å². The molecule has 1 amide bonds. The fraction of sp³-hybridized carbons (Fsp3) is 0.556. The van der Waals surface area contributed by atoms with Crippen molar-refractivity contribution < 1.29 is 28.9 Å². The Morgan fingerprint density at radius 1 is 1.12 bits per heavy atom. The molecular weight excluding hydrogens is 326 g/mol. The number of aliphatic carboxylic acids is 1. The number of hydrogen-bond acceptors (Lipinski definition) is 5. The molecule has 1 aliphatic heterocycles. The van der Waals surface area contributed by atoms with Crippen molar-refractivity contribution in [3.05, 3.63) is 35.9 Å². The summed E-state index contributed by atoms with van der Waals surface area (Å²) in [7, 11) is 0. The highest BCUT2D eigenvalue weighted by atomic mass is 16.6. The molecule has 1 aromatic carbocycles. The number of alkyl carbamates (subject to hydrolysis) is 1. The van der Waals surface area contributed by atoms with Gasteiger partial charge in [-0.1, -0.05) is 30.3 Å². The summed E-state index contributed by atoms with van der Waals surface area (Å²) in [6.07, 6.45) is -0.508.